The largest absolute Gasteiger partial charge is 0.497 e. The number of methoxy groups -OCH3 is 1. The molecule has 1 heterocycles. The monoisotopic (exact) mass is 434 g/mol. The maximum absolute atomic E-state index is 13.0. The Morgan fingerprint density at radius 3 is 2.26 bits per heavy atom. The SMILES string of the molecule is COc1ccc(/C=C/c2nc3ccccc3c(=O)n2OS(=O)(=O)c2ccccc2)cc1. The molecule has 0 amide bonds. The van der Waals surface area contributed by atoms with Gasteiger partial charge in [-0.3, -0.25) is 9.08 Å². The molecule has 156 valence electrons. The van der Waals surface area contributed by atoms with Gasteiger partial charge in [-0.05, 0) is 48.0 Å². The summed E-state index contributed by atoms with van der Waals surface area (Å²) in [6.45, 7) is 0. The predicted molar refractivity (Wildman–Crippen MR) is 118 cm³/mol. The van der Waals surface area contributed by atoms with Gasteiger partial charge < -0.3 is 4.74 Å². The molecular formula is C23H18N2O5S. The molecule has 0 N–H and O–H groups in total. The van der Waals surface area contributed by atoms with Crippen LogP contribution < -0.4 is 14.6 Å². The van der Waals surface area contributed by atoms with Gasteiger partial charge in [-0.25, -0.2) is 4.98 Å². The first-order chi connectivity index (χ1) is 15.0. The zero-order valence-electron chi connectivity index (χ0n) is 16.5. The summed E-state index contributed by atoms with van der Waals surface area (Å²) in [7, 11) is -2.67. The maximum Gasteiger partial charge on any atom is 0.357 e. The molecule has 0 aliphatic rings. The van der Waals surface area contributed by atoms with E-state index in [1.54, 1.807) is 67.8 Å². The van der Waals surface area contributed by atoms with E-state index in [9.17, 15) is 13.2 Å². The zero-order chi connectivity index (χ0) is 21.8. The van der Waals surface area contributed by atoms with E-state index in [-0.39, 0.29) is 16.1 Å². The summed E-state index contributed by atoms with van der Waals surface area (Å²) in [5.41, 5.74) is 0.610. The highest BCUT2D eigenvalue weighted by Gasteiger charge is 2.20. The molecule has 4 aromatic rings. The van der Waals surface area contributed by atoms with Crippen LogP contribution in [0.4, 0.5) is 0 Å². The average molecular weight is 434 g/mol. The Bertz CT molecular complexity index is 1410. The van der Waals surface area contributed by atoms with Gasteiger partial charge in [0.1, 0.15) is 10.6 Å². The quantitative estimate of drug-likeness (QED) is 0.462. The summed E-state index contributed by atoms with van der Waals surface area (Å²) >= 11 is 0. The molecular weight excluding hydrogens is 416 g/mol. The van der Waals surface area contributed by atoms with Crippen molar-refractivity contribution in [3.63, 3.8) is 0 Å². The Kier molecular flexibility index (Phi) is 5.55. The molecule has 0 aliphatic carbocycles. The fraction of sp³-hybridized carbons (Fsp3) is 0.0435. The Balaban J connectivity index is 1.81. The van der Waals surface area contributed by atoms with Crippen LogP contribution in [-0.2, 0) is 10.1 Å². The third-order valence-corrected chi connectivity index (χ3v) is 5.70. The van der Waals surface area contributed by atoms with Crippen molar-refractivity contribution in [3.05, 3.63) is 101 Å². The maximum atomic E-state index is 13.0. The van der Waals surface area contributed by atoms with E-state index in [1.807, 2.05) is 12.1 Å². The van der Waals surface area contributed by atoms with E-state index in [2.05, 4.69) is 4.98 Å². The number of hydrogen-bond acceptors (Lipinski definition) is 6. The minimum atomic E-state index is -4.25. The van der Waals surface area contributed by atoms with Gasteiger partial charge >= 0.3 is 10.1 Å². The van der Waals surface area contributed by atoms with E-state index in [0.29, 0.717) is 16.0 Å². The van der Waals surface area contributed by atoms with Crippen LogP contribution in [0, 0.1) is 0 Å². The van der Waals surface area contributed by atoms with E-state index >= 15 is 0 Å². The second-order valence-electron chi connectivity index (χ2n) is 6.53. The predicted octanol–water partition coefficient (Wildman–Crippen LogP) is 3.39. The number of aromatic nitrogens is 2. The number of nitrogens with zero attached hydrogens (tertiary/aromatic N) is 2. The van der Waals surface area contributed by atoms with Gasteiger partial charge in [0.05, 0.1) is 18.0 Å². The summed E-state index contributed by atoms with van der Waals surface area (Å²) in [5.74, 6) is 0.745. The van der Waals surface area contributed by atoms with Gasteiger partial charge in [0.2, 0.25) is 0 Å². The Labute approximate surface area is 178 Å². The van der Waals surface area contributed by atoms with Gasteiger partial charge in [0.25, 0.3) is 5.56 Å². The zero-order valence-corrected chi connectivity index (χ0v) is 17.3. The Hall–Kier alpha value is -3.91. The molecule has 0 spiro atoms. The Morgan fingerprint density at radius 2 is 1.55 bits per heavy atom. The second-order valence-corrected chi connectivity index (χ2v) is 8.06. The van der Waals surface area contributed by atoms with E-state index in [0.717, 1.165) is 5.56 Å². The first kappa shape index (κ1) is 20.4. The minimum absolute atomic E-state index is 0.0408. The van der Waals surface area contributed by atoms with Crippen molar-refractivity contribution < 1.29 is 17.4 Å². The minimum Gasteiger partial charge on any atom is -0.497 e. The average Bonchev–Trinajstić information content (AvgIpc) is 2.80. The first-order valence-corrected chi connectivity index (χ1v) is 10.7. The molecule has 0 aliphatic heterocycles. The molecule has 0 unspecified atom stereocenters. The van der Waals surface area contributed by atoms with Crippen molar-refractivity contribution in [1.82, 2.24) is 9.71 Å². The molecule has 0 saturated carbocycles. The summed E-state index contributed by atoms with van der Waals surface area (Å²) in [6, 6.07) is 21.5. The molecule has 31 heavy (non-hydrogen) atoms. The highest BCUT2D eigenvalue weighted by Crippen LogP contribution is 2.16. The standard InChI is InChI=1S/C23H18N2O5S/c1-29-18-14-11-17(12-15-18)13-16-22-24-21-10-6-5-9-20(21)23(26)25(22)30-31(27,28)19-7-3-2-4-8-19/h2-16H,1H3/b16-13+. The number of ether oxygens (including phenoxy) is 1. The van der Waals surface area contributed by atoms with Crippen LogP contribution in [0.3, 0.4) is 0 Å². The normalized spacial score (nSPS) is 11.6. The lowest BCUT2D eigenvalue weighted by atomic mass is 10.2. The van der Waals surface area contributed by atoms with Crippen LogP contribution in [0.1, 0.15) is 11.4 Å². The van der Waals surface area contributed by atoms with E-state index < -0.39 is 15.7 Å². The highest BCUT2D eigenvalue weighted by molar-refractivity contribution is 7.87. The molecule has 3 aromatic carbocycles. The van der Waals surface area contributed by atoms with Gasteiger partial charge in [-0.2, -0.15) is 8.42 Å². The topological polar surface area (TPSA) is 87.5 Å². The first-order valence-electron chi connectivity index (χ1n) is 9.32. The molecule has 0 atom stereocenters. The summed E-state index contributed by atoms with van der Waals surface area (Å²) in [6.07, 6.45) is 3.22. The van der Waals surface area contributed by atoms with Gasteiger partial charge in [-0.15, -0.1) is 4.73 Å². The van der Waals surface area contributed by atoms with Crippen molar-refractivity contribution in [1.29, 1.82) is 0 Å². The smallest absolute Gasteiger partial charge is 0.357 e. The molecule has 8 heteroatoms. The number of fused-ring (bicyclic) bond motifs is 1. The number of hydrogen-bond donors (Lipinski definition) is 0. The second kappa shape index (κ2) is 8.45. The Morgan fingerprint density at radius 1 is 0.871 bits per heavy atom. The van der Waals surface area contributed by atoms with Crippen LogP contribution in [0.2, 0.25) is 0 Å². The highest BCUT2D eigenvalue weighted by atomic mass is 32.2. The molecule has 1 aromatic heterocycles. The number of para-hydroxylation sites is 1. The summed E-state index contributed by atoms with van der Waals surface area (Å²) in [4.78, 5) is 17.4. The molecule has 4 rings (SSSR count). The lowest BCUT2D eigenvalue weighted by Gasteiger charge is -2.12. The third-order valence-electron chi connectivity index (χ3n) is 4.51. The van der Waals surface area contributed by atoms with Crippen molar-refractivity contribution in [2.24, 2.45) is 0 Å². The van der Waals surface area contributed by atoms with Crippen molar-refractivity contribution >= 4 is 33.2 Å². The lowest BCUT2D eigenvalue weighted by Crippen LogP contribution is -2.33. The van der Waals surface area contributed by atoms with Gasteiger partial charge in [-0.1, -0.05) is 48.5 Å². The van der Waals surface area contributed by atoms with Crippen LogP contribution in [0.5, 0.6) is 5.75 Å². The van der Waals surface area contributed by atoms with Crippen molar-refractivity contribution in [2.45, 2.75) is 4.90 Å². The number of rotatable bonds is 6. The van der Waals surface area contributed by atoms with Crippen molar-refractivity contribution in [3.8, 4) is 5.75 Å². The molecule has 0 bridgehead atoms. The van der Waals surface area contributed by atoms with E-state index in [1.165, 1.54) is 18.2 Å². The lowest BCUT2D eigenvalue weighted by molar-refractivity contribution is 0.262. The van der Waals surface area contributed by atoms with Gasteiger partial charge in [0, 0.05) is 0 Å². The van der Waals surface area contributed by atoms with Crippen LogP contribution in [0.15, 0.2) is 88.6 Å². The summed E-state index contributed by atoms with van der Waals surface area (Å²) < 4.78 is 36.5. The molecule has 0 saturated heterocycles. The fourth-order valence-electron chi connectivity index (χ4n) is 2.93. The fourth-order valence-corrected chi connectivity index (χ4v) is 3.84. The van der Waals surface area contributed by atoms with Crippen LogP contribution >= 0.6 is 0 Å². The van der Waals surface area contributed by atoms with E-state index in [4.69, 9.17) is 9.02 Å². The number of benzene rings is 3. The molecule has 0 fully saturated rings. The molecule has 7 nitrogen and oxygen atoms in total. The van der Waals surface area contributed by atoms with Crippen LogP contribution in [-0.4, -0.2) is 25.2 Å². The molecule has 0 radical (unpaired) electrons. The summed E-state index contributed by atoms with van der Waals surface area (Å²) in [5, 5.41) is 0.243. The third kappa shape index (κ3) is 4.34. The van der Waals surface area contributed by atoms with Gasteiger partial charge in [0.15, 0.2) is 5.82 Å². The van der Waals surface area contributed by atoms with Crippen molar-refractivity contribution in [2.75, 3.05) is 7.11 Å². The van der Waals surface area contributed by atoms with Crippen LogP contribution in [0.25, 0.3) is 23.1 Å².